The summed E-state index contributed by atoms with van der Waals surface area (Å²) in [6.07, 6.45) is 3.41. The van der Waals surface area contributed by atoms with Crippen LogP contribution in [0.25, 0.3) is 6.08 Å². The Morgan fingerprint density at radius 3 is 2.75 bits per heavy atom. The van der Waals surface area contributed by atoms with Gasteiger partial charge in [0.2, 0.25) is 0 Å². The summed E-state index contributed by atoms with van der Waals surface area (Å²) in [4.78, 5) is 21.4. The highest BCUT2D eigenvalue weighted by molar-refractivity contribution is 9.09. The zero-order valence-corrected chi connectivity index (χ0v) is 10.2. The van der Waals surface area contributed by atoms with Crippen molar-refractivity contribution in [2.24, 2.45) is 0 Å². The van der Waals surface area contributed by atoms with Crippen LogP contribution in [0.15, 0.2) is 24.3 Å². The molecule has 0 saturated carbocycles. The minimum absolute atomic E-state index is 0.0510. The summed E-state index contributed by atoms with van der Waals surface area (Å²) in [7, 11) is 0. The molecular formula is C11H10BrNO3. The Morgan fingerprint density at radius 2 is 2.25 bits per heavy atom. The largest absolute Gasteiger partial charge is 0.295 e. The summed E-state index contributed by atoms with van der Waals surface area (Å²) in [5.74, 6) is -0.181. The molecular weight excluding hydrogens is 274 g/mol. The van der Waals surface area contributed by atoms with Gasteiger partial charge in [-0.2, -0.15) is 0 Å². The number of nitrogens with zero attached hydrogens (tertiary/aromatic N) is 1. The fourth-order valence-electron chi connectivity index (χ4n) is 1.23. The predicted octanol–water partition coefficient (Wildman–Crippen LogP) is 3.21. The van der Waals surface area contributed by atoms with E-state index in [1.54, 1.807) is 24.3 Å². The number of nitro benzene ring substituents is 1. The van der Waals surface area contributed by atoms with Crippen molar-refractivity contribution in [2.75, 3.05) is 5.33 Å². The number of benzene rings is 1. The van der Waals surface area contributed by atoms with Gasteiger partial charge in [-0.15, -0.1) is 0 Å². The van der Waals surface area contributed by atoms with E-state index < -0.39 is 4.92 Å². The first-order valence-electron chi connectivity index (χ1n) is 4.58. The number of ketones is 1. The first-order valence-corrected chi connectivity index (χ1v) is 5.70. The fraction of sp³-hybridized carbons (Fsp3) is 0.182. The van der Waals surface area contributed by atoms with Crippen LogP contribution in [0.1, 0.15) is 22.8 Å². The van der Waals surface area contributed by atoms with Gasteiger partial charge in [-0.05, 0) is 13.0 Å². The average molecular weight is 284 g/mol. The van der Waals surface area contributed by atoms with E-state index in [9.17, 15) is 14.9 Å². The van der Waals surface area contributed by atoms with Gasteiger partial charge in [-0.25, -0.2) is 0 Å². The van der Waals surface area contributed by atoms with Crippen molar-refractivity contribution in [1.82, 2.24) is 0 Å². The molecule has 0 unspecified atom stereocenters. The van der Waals surface area contributed by atoms with E-state index in [1.165, 1.54) is 13.0 Å². The molecule has 0 atom stereocenters. The van der Waals surface area contributed by atoms with Crippen LogP contribution in [-0.2, 0) is 0 Å². The highest BCUT2D eigenvalue weighted by Gasteiger charge is 2.13. The van der Waals surface area contributed by atoms with Crippen molar-refractivity contribution in [2.45, 2.75) is 6.92 Å². The van der Waals surface area contributed by atoms with Gasteiger partial charge in [-0.1, -0.05) is 34.1 Å². The Balaban J connectivity index is 3.24. The number of hydrogen-bond acceptors (Lipinski definition) is 3. The van der Waals surface area contributed by atoms with Crippen molar-refractivity contribution < 1.29 is 9.72 Å². The van der Waals surface area contributed by atoms with Crippen molar-refractivity contribution in [3.05, 3.63) is 45.5 Å². The number of allylic oxidation sites excluding steroid dienone is 1. The fourth-order valence-corrected chi connectivity index (χ4v) is 1.42. The van der Waals surface area contributed by atoms with Crippen LogP contribution < -0.4 is 0 Å². The maximum atomic E-state index is 11.1. The van der Waals surface area contributed by atoms with Crippen molar-refractivity contribution in [1.29, 1.82) is 0 Å². The van der Waals surface area contributed by atoms with Gasteiger partial charge in [0.15, 0.2) is 5.78 Å². The first-order chi connectivity index (χ1) is 7.56. The van der Waals surface area contributed by atoms with Crippen molar-refractivity contribution in [3.63, 3.8) is 0 Å². The summed E-state index contributed by atoms with van der Waals surface area (Å²) in [5.41, 5.74) is 0.794. The molecule has 1 aromatic rings. The van der Waals surface area contributed by atoms with Crippen LogP contribution in [0.4, 0.5) is 5.69 Å². The Kier molecular flexibility index (Phi) is 4.37. The third kappa shape index (κ3) is 3.00. The molecule has 0 fully saturated rings. The van der Waals surface area contributed by atoms with Gasteiger partial charge in [-0.3, -0.25) is 14.9 Å². The number of hydrogen-bond donors (Lipinski definition) is 0. The Hall–Kier alpha value is -1.49. The van der Waals surface area contributed by atoms with Gasteiger partial charge in [0.1, 0.15) is 0 Å². The summed E-state index contributed by atoms with van der Waals surface area (Å²) in [5, 5.41) is 11.4. The molecule has 0 amide bonds. The second kappa shape index (κ2) is 5.55. The number of Topliss-reactive ketones (excluding diaryl/α,β-unsaturated/α-hetero) is 1. The van der Waals surface area contributed by atoms with Crippen molar-refractivity contribution >= 4 is 33.5 Å². The minimum atomic E-state index is -0.486. The molecule has 0 aromatic heterocycles. The van der Waals surface area contributed by atoms with Crippen LogP contribution in [-0.4, -0.2) is 16.0 Å². The SMILES string of the molecule is CC(=O)c1ccc(C=CCBr)c([N+](=O)[O-])c1. The third-order valence-electron chi connectivity index (χ3n) is 2.02. The zero-order chi connectivity index (χ0) is 12.1. The number of halogens is 1. The molecule has 1 aromatic carbocycles. The van der Waals surface area contributed by atoms with Gasteiger partial charge in [0.05, 0.1) is 10.5 Å². The second-order valence-electron chi connectivity index (χ2n) is 3.14. The molecule has 0 aliphatic heterocycles. The zero-order valence-electron chi connectivity index (χ0n) is 8.64. The first kappa shape index (κ1) is 12.6. The molecule has 84 valence electrons. The number of carbonyl (C=O) groups excluding carboxylic acids is 1. The van der Waals surface area contributed by atoms with Crippen LogP contribution >= 0.6 is 15.9 Å². The monoisotopic (exact) mass is 283 g/mol. The number of rotatable bonds is 4. The summed E-state index contributed by atoms with van der Waals surface area (Å²) < 4.78 is 0. The minimum Gasteiger partial charge on any atom is -0.295 e. The maximum absolute atomic E-state index is 11.1. The second-order valence-corrected chi connectivity index (χ2v) is 3.79. The Morgan fingerprint density at radius 1 is 1.56 bits per heavy atom. The molecule has 4 nitrogen and oxygen atoms in total. The van der Waals surface area contributed by atoms with Gasteiger partial charge < -0.3 is 0 Å². The lowest BCUT2D eigenvalue weighted by atomic mass is 10.1. The predicted molar refractivity (Wildman–Crippen MR) is 65.9 cm³/mol. The number of carbonyl (C=O) groups is 1. The number of alkyl halides is 1. The lowest BCUT2D eigenvalue weighted by Gasteiger charge is -2.00. The molecule has 16 heavy (non-hydrogen) atoms. The van der Waals surface area contributed by atoms with Gasteiger partial charge in [0.25, 0.3) is 5.69 Å². The Bertz CT molecular complexity index is 455. The van der Waals surface area contributed by atoms with E-state index in [-0.39, 0.29) is 11.5 Å². The molecule has 0 saturated heterocycles. The quantitative estimate of drug-likeness (QED) is 0.369. The molecule has 1 rings (SSSR count). The van der Waals surface area contributed by atoms with E-state index in [2.05, 4.69) is 15.9 Å². The molecule has 0 radical (unpaired) electrons. The molecule has 0 heterocycles. The Labute approximate surface area is 101 Å². The van der Waals surface area contributed by atoms with E-state index in [0.29, 0.717) is 16.5 Å². The van der Waals surface area contributed by atoms with Crippen molar-refractivity contribution in [3.8, 4) is 0 Å². The topological polar surface area (TPSA) is 60.2 Å². The number of nitro groups is 1. The normalized spacial score (nSPS) is 10.6. The van der Waals surface area contributed by atoms with E-state index in [0.717, 1.165) is 0 Å². The smallest absolute Gasteiger partial charge is 0.277 e. The van der Waals surface area contributed by atoms with E-state index in [4.69, 9.17) is 0 Å². The van der Waals surface area contributed by atoms with E-state index in [1.807, 2.05) is 0 Å². The lowest BCUT2D eigenvalue weighted by Crippen LogP contribution is -1.97. The average Bonchev–Trinajstić information content (AvgIpc) is 2.25. The maximum Gasteiger partial charge on any atom is 0.277 e. The van der Waals surface area contributed by atoms with Gasteiger partial charge in [0, 0.05) is 17.0 Å². The summed E-state index contributed by atoms with van der Waals surface area (Å²) >= 11 is 3.20. The molecule has 0 spiro atoms. The van der Waals surface area contributed by atoms with Crippen LogP contribution in [0.5, 0.6) is 0 Å². The van der Waals surface area contributed by atoms with Gasteiger partial charge >= 0.3 is 0 Å². The molecule has 0 aliphatic rings. The summed E-state index contributed by atoms with van der Waals surface area (Å²) in [6, 6.07) is 4.47. The highest BCUT2D eigenvalue weighted by Crippen LogP contribution is 2.22. The van der Waals surface area contributed by atoms with Crippen LogP contribution in [0, 0.1) is 10.1 Å². The van der Waals surface area contributed by atoms with E-state index >= 15 is 0 Å². The third-order valence-corrected chi connectivity index (χ3v) is 2.39. The molecule has 0 aliphatic carbocycles. The van der Waals surface area contributed by atoms with Crippen LogP contribution in [0.2, 0.25) is 0 Å². The summed E-state index contributed by atoms with van der Waals surface area (Å²) in [6.45, 7) is 1.38. The van der Waals surface area contributed by atoms with Crippen LogP contribution in [0.3, 0.4) is 0 Å². The molecule has 0 N–H and O–H groups in total. The molecule has 5 heteroatoms. The molecule has 0 bridgehead atoms. The lowest BCUT2D eigenvalue weighted by molar-refractivity contribution is -0.385. The standard InChI is InChI=1S/C11H10BrNO3/c1-8(14)10-5-4-9(3-2-6-12)11(7-10)13(15)16/h2-5,7H,6H2,1H3. The highest BCUT2D eigenvalue weighted by atomic mass is 79.9.